The molecule has 140 valence electrons. The first kappa shape index (κ1) is 18.7. The summed E-state index contributed by atoms with van der Waals surface area (Å²) in [6.07, 6.45) is -0.807. The van der Waals surface area contributed by atoms with Crippen LogP contribution in [0, 0.1) is 0 Å². The maximum absolute atomic E-state index is 12.6. The van der Waals surface area contributed by atoms with Crippen molar-refractivity contribution in [2.24, 2.45) is 5.10 Å². The molecule has 0 aliphatic heterocycles. The number of hydrogen-bond donors (Lipinski definition) is 2. The van der Waals surface area contributed by atoms with Gasteiger partial charge in [-0.3, -0.25) is 10.5 Å². The van der Waals surface area contributed by atoms with Crippen molar-refractivity contribution < 1.29 is 17.9 Å². The quantitative estimate of drug-likeness (QED) is 0.489. The molecular weight excluding hydrogens is 383 g/mol. The Morgan fingerprint density at radius 1 is 1.22 bits per heavy atom. The molecule has 0 radical (unpaired) electrons. The van der Waals surface area contributed by atoms with Crippen LogP contribution in [0.25, 0.3) is 11.3 Å². The van der Waals surface area contributed by atoms with Gasteiger partial charge in [-0.15, -0.1) is 0 Å². The first-order valence-corrected chi connectivity index (χ1v) is 7.96. The summed E-state index contributed by atoms with van der Waals surface area (Å²) in [5.74, 6) is 0.730. The third-order valence-electron chi connectivity index (χ3n) is 3.59. The smallest absolute Gasteiger partial charge is 0.417 e. The number of aromatic amines is 1. The monoisotopic (exact) mass is 395 g/mol. The van der Waals surface area contributed by atoms with Gasteiger partial charge >= 0.3 is 6.18 Å². The summed E-state index contributed by atoms with van der Waals surface area (Å²) in [6, 6.07) is 8.10. The fourth-order valence-corrected chi connectivity index (χ4v) is 2.43. The molecule has 0 fully saturated rings. The van der Waals surface area contributed by atoms with Gasteiger partial charge in [0.1, 0.15) is 5.75 Å². The predicted octanol–water partition coefficient (Wildman–Crippen LogP) is 4.60. The van der Waals surface area contributed by atoms with Gasteiger partial charge in [0, 0.05) is 17.3 Å². The molecule has 0 spiro atoms. The van der Waals surface area contributed by atoms with Crippen molar-refractivity contribution in [1.82, 2.24) is 15.2 Å². The first-order chi connectivity index (χ1) is 12.9. The lowest BCUT2D eigenvalue weighted by atomic mass is 10.1. The Kier molecular flexibility index (Phi) is 5.31. The fraction of sp³-hybridized carbons (Fsp3) is 0.118. The highest BCUT2D eigenvalue weighted by Crippen LogP contribution is 2.32. The zero-order valence-electron chi connectivity index (χ0n) is 13.9. The lowest BCUT2D eigenvalue weighted by molar-refractivity contribution is -0.137. The third-order valence-corrected chi connectivity index (χ3v) is 3.88. The van der Waals surface area contributed by atoms with E-state index < -0.39 is 11.7 Å². The van der Waals surface area contributed by atoms with Gasteiger partial charge in [0.2, 0.25) is 0 Å². The molecule has 0 atom stereocenters. The third kappa shape index (κ3) is 4.37. The molecule has 27 heavy (non-hydrogen) atoms. The minimum atomic E-state index is -4.51. The molecule has 0 aliphatic rings. The summed E-state index contributed by atoms with van der Waals surface area (Å²) in [5.41, 5.74) is 3.83. The first-order valence-electron chi connectivity index (χ1n) is 7.58. The van der Waals surface area contributed by atoms with Crippen molar-refractivity contribution >= 4 is 23.6 Å². The Bertz CT molecular complexity index is 954. The van der Waals surface area contributed by atoms with Gasteiger partial charge in [-0.05, 0) is 30.3 Å². The minimum Gasteiger partial charge on any atom is -0.497 e. The van der Waals surface area contributed by atoms with Crippen molar-refractivity contribution in [2.45, 2.75) is 6.18 Å². The fourth-order valence-electron chi connectivity index (χ4n) is 2.22. The van der Waals surface area contributed by atoms with Gasteiger partial charge in [-0.2, -0.15) is 23.4 Å². The zero-order chi connectivity index (χ0) is 19.4. The van der Waals surface area contributed by atoms with E-state index in [-0.39, 0.29) is 10.8 Å². The Labute approximate surface area is 157 Å². The van der Waals surface area contributed by atoms with Crippen LogP contribution < -0.4 is 10.2 Å². The zero-order valence-corrected chi connectivity index (χ0v) is 14.6. The van der Waals surface area contributed by atoms with Gasteiger partial charge in [0.05, 0.1) is 35.8 Å². The van der Waals surface area contributed by atoms with Crippen LogP contribution in [0.4, 0.5) is 19.0 Å². The predicted molar refractivity (Wildman–Crippen MR) is 96.0 cm³/mol. The second-order valence-electron chi connectivity index (χ2n) is 5.35. The number of hydrogen-bond acceptors (Lipinski definition) is 5. The summed E-state index contributed by atoms with van der Waals surface area (Å²) in [6.45, 7) is 0. The highest BCUT2D eigenvalue weighted by Gasteiger charge is 2.31. The molecule has 0 saturated heterocycles. The second-order valence-corrected chi connectivity index (χ2v) is 5.76. The van der Waals surface area contributed by atoms with E-state index >= 15 is 0 Å². The number of anilines is 1. The molecule has 0 bridgehead atoms. The second kappa shape index (κ2) is 7.67. The molecule has 1 aromatic carbocycles. The number of halogens is 4. The Hall–Kier alpha value is -3.07. The van der Waals surface area contributed by atoms with Crippen LogP contribution in [0.2, 0.25) is 5.02 Å². The largest absolute Gasteiger partial charge is 0.497 e. The topological polar surface area (TPSA) is 75.2 Å². The maximum atomic E-state index is 12.6. The van der Waals surface area contributed by atoms with E-state index in [1.165, 1.54) is 6.21 Å². The highest BCUT2D eigenvalue weighted by atomic mass is 35.5. The van der Waals surface area contributed by atoms with Crippen molar-refractivity contribution in [3.8, 4) is 17.0 Å². The van der Waals surface area contributed by atoms with Crippen LogP contribution in [-0.2, 0) is 6.18 Å². The highest BCUT2D eigenvalue weighted by molar-refractivity contribution is 6.32. The SMILES string of the molecule is COc1ccc(-c2[nH]ncc2C=NNc2ncc(C(F)(F)F)cc2Cl)cc1. The van der Waals surface area contributed by atoms with E-state index in [0.717, 1.165) is 23.1 Å². The maximum Gasteiger partial charge on any atom is 0.417 e. The average molecular weight is 396 g/mol. The molecule has 10 heteroatoms. The summed E-state index contributed by atoms with van der Waals surface area (Å²) >= 11 is 5.82. The number of nitrogens with zero attached hydrogens (tertiary/aromatic N) is 3. The molecule has 2 N–H and O–H groups in total. The minimum absolute atomic E-state index is 0.00964. The van der Waals surface area contributed by atoms with Gasteiger partial charge < -0.3 is 4.74 Å². The number of ether oxygens (including phenoxy) is 1. The lowest BCUT2D eigenvalue weighted by Crippen LogP contribution is -2.06. The Balaban J connectivity index is 1.75. The van der Waals surface area contributed by atoms with Crippen LogP contribution in [0.5, 0.6) is 5.75 Å². The Morgan fingerprint density at radius 2 is 1.96 bits per heavy atom. The van der Waals surface area contributed by atoms with E-state index in [9.17, 15) is 13.2 Å². The molecule has 3 aromatic rings. The molecule has 2 aromatic heterocycles. The van der Waals surface area contributed by atoms with Crippen molar-refractivity contribution in [3.63, 3.8) is 0 Å². The number of H-pyrrole nitrogens is 1. The van der Waals surface area contributed by atoms with Gasteiger partial charge in [-0.1, -0.05) is 11.6 Å². The van der Waals surface area contributed by atoms with E-state index in [1.807, 2.05) is 12.1 Å². The van der Waals surface area contributed by atoms with Crippen LogP contribution >= 0.6 is 11.6 Å². The van der Waals surface area contributed by atoms with Crippen molar-refractivity contribution in [2.75, 3.05) is 12.5 Å². The van der Waals surface area contributed by atoms with E-state index in [1.54, 1.807) is 25.4 Å². The molecular formula is C17H13ClF3N5O. The molecule has 0 saturated carbocycles. The van der Waals surface area contributed by atoms with Gasteiger partial charge in [0.15, 0.2) is 5.82 Å². The number of pyridine rings is 1. The molecule has 0 amide bonds. The average Bonchev–Trinajstić information content (AvgIpc) is 3.11. The number of benzene rings is 1. The summed E-state index contributed by atoms with van der Waals surface area (Å²) in [7, 11) is 1.58. The number of aromatic nitrogens is 3. The van der Waals surface area contributed by atoms with Crippen LogP contribution in [0.1, 0.15) is 11.1 Å². The van der Waals surface area contributed by atoms with Crippen LogP contribution in [0.3, 0.4) is 0 Å². The van der Waals surface area contributed by atoms with Crippen LogP contribution in [-0.4, -0.2) is 28.5 Å². The van der Waals surface area contributed by atoms with Crippen LogP contribution in [0.15, 0.2) is 47.8 Å². The molecule has 3 rings (SSSR count). The molecule has 2 heterocycles. The molecule has 6 nitrogen and oxygen atoms in total. The van der Waals surface area contributed by atoms with Crippen molar-refractivity contribution in [1.29, 1.82) is 0 Å². The lowest BCUT2D eigenvalue weighted by Gasteiger charge is -2.08. The number of alkyl halides is 3. The standard InChI is InChI=1S/C17H13ClF3N5O/c1-27-13-4-2-10(3-5-13)15-11(7-23-25-15)8-24-26-16-14(18)6-12(9-22-16)17(19,20)21/h2-9H,1H3,(H,22,26)(H,23,25). The molecule has 0 aliphatic carbocycles. The normalized spacial score (nSPS) is 11.7. The number of methoxy groups -OCH3 is 1. The number of nitrogens with one attached hydrogen (secondary N) is 2. The van der Waals surface area contributed by atoms with E-state index in [4.69, 9.17) is 16.3 Å². The Morgan fingerprint density at radius 3 is 2.59 bits per heavy atom. The summed E-state index contributed by atoms with van der Waals surface area (Å²) < 4.78 is 43.0. The molecule has 0 unspecified atom stereocenters. The summed E-state index contributed by atoms with van der Waals surface area (Å²) in [5, 5.41) is 10.6. The van der Waals surface area contributed by atoms with Gasteiger partial charge in [0.25, 0.3) is 0 Å². The van der Waals surface area contributed by atoms with E-state index in [0.29, 0.717) is 11.8 Å². The van der Waals surface area contributed by atoms with Gasteiger partial charge in [-0.25, -0.2) is 4.98 Å². The number of hydrazone groups is 1. The van der Waals surface area contributed by atoms with E-state index in [2.05, 4.69) is 25.7 Å². The number of rotatable bonds is 5. The van der Waals surface area contributed by atoms with Crippen molar-refractivity contribution in [3.05, 3.63) is 58.9 Å². The summed E-state index contributed by atoms with van der Waals surface area (Å²) in [4.78, 5) is 3.65.